The molecule has 1 aromatic carbocycles. The molecule has 7 nitrogen and oxygen atoms in total. The van der Waals surface area contributed by atoms with Gasteiger partial charge in [-0.2, -0.15) is 5.10 Å². The van der Waals surface area contributed by atoms with Gasteiger partial charge in [0.1, 0.15) is 0 Å². The summed E-state index contributed by atoms with van der Waals surface area (Å²) < 4.78 is 1.93. The van der Waals surface area contributed by atoms with Gasteiger partial charge >= 0.3 is 0 Å². The molecule has 1 aliphatic heterocycles. The van der Waals surface area contributed by atoms with Gasteiger partial charge in [0.25, 0.3) is 0 Å². The SMILES string of the molecule is CC(=O)N1CCCn2nc(CNC(=O)C[C@H](N)c3ccccc3)cc2C1. The van der Waals surface area contributed by atoms with Gasteiger partial charge in [-0.05, 0) is 18.1 Å². The summed E-state index contributed by atoms with van der Waals surface area (Å²) in [6.07, 6.45) is 1.11. The maximum absolute atomic E-state index is 12.2. The molecule has 1 aliphatic rings. The lowest BCUT2D eigenvalue weighted by molar-refractivity contribution is -0.129. The predicted molar refractivity (Wildman–Crippen MR) is 97.8 cm³/mol. The number of nitrogens with zero attached hydrogens (tertiary/aromatic N) is 3. The minimum atomic E-state index is -0.320. The van der Waals surface area contributed by atoms with E-state index in [4.69, 9.17) is 5.73 Å². The number of benzene rings is 1. The number of hydrogen-bond acceptors (Lipinski definition) is 4. The number of aromatic nitrogens is 2. The average Bonchev–Trinajstić information content (AvgIpc) is 2.90. The Bertz CT molecular complexity index is 771. The standard InChI is InChI=1S/C19H25N5O2/c1-14(25)23-8-5-9-24-17(13-23)10-16(22-24)12-21-19(26)11-18(20)15-6-3-2-4-7-15/h2-4,6-7,10,18H,5,8-9,11-13,20H2,1H3,(H,21,26)/t18-/m0/s1. The molecule has 138 valence electrons. The monoisotopic (exact) mass is 355 g/mol. The van der Waals surface area contributed by atoms with Crippen LogP contribution in [0.4, 0.5) is 0 Å². The van der Waals surface area contributed by atoms with Crippen LogP contribution in [-0.4, -0.2) is 33.0 Å². The van der Waals surface area contributed by atoms with Crippen molar-refractivity contribution in [3.8, 4) is 0 Å². The van der Waals surface area contributed by atoms with Crippen molar-refractivity contribution in [2.24, 2.45) is 5.73 Å². The second kappa shape index (κ2) is 8.14. The first-order valence-corrected chi connectivity index (χ1v) is 8.91. The number of nitrogens with one attached hydrogen (secondary N) is 1. The first-order valence-electron chi connectivity index (χ1n) is 8.91. The van der Waals surface area contributed by atoms with Crippen molar-refractivity contribution in [1.29, 1.82) is 0 Å². The molecule has 0 spiro atoms. The Labute approximate surface area is 153 Å². The van der Waals surface area contributed by atoms with Crippen LogP contribution in [0, 0.1) is 0 Å². The maximum Gasteiger partial charge on any atom is 0.222 e. The Morgan fingerprint density at radius 1 is 1.27 bits per heavy atom. The zero-order valence-electron chi connectivity index (χ0n) is 15.0. The predicted octanol–water partition coefficient (Wildman–Crippen LogP) is 1.34. The zero-order chi connectivity index (χ0) is 18.5. The zero-order valence-corrected chi connectivity index (χ0v) is 15.0. The molecule has 2 heterocycles. The lowest BCUT2D eigenvalue weighted by atomic mass is 10.0. The van der Waals surface area contributed by atoms with Crippen molar-refractivity contribution < 1.29 is 9.59 Å². The lowest BCUT2D eigenvalue weighted by Gasteiger charge is -2.17. The van der Waals surface area contributed by atoms with E-state index in [1.165, 1.54) is 0 Å². The molecule has 1 aromatic heterocycles. The minimum absolute atomic E-state index is 0.0735. The van der Waals surface area contributed by atoms with Crippen molar-refractivity contribution in [3.05, 3.63) is 53.3 Å². The summed E-state index contributed by atoms with van der Waals surface area (Å²) in [4.78, 5) is 25.6. The number of amides is 2. The molecule has 3 N–H and O–H groups in total. The summed E-state index contributed by atoms with van der Waals surface area (Å²) in [5.74, 6) is -0.0284. The van der Waals surface area contributed by atoms with E-state index in [-0.39, 0.29) is 24.3 Å². The first kappa shape index (κ1) is 18.1. The molecular weight excluding hydrogens is 330 g/mol. The molecule has 2 aromatic rings. The normalized spacial score (nSPS) is 15.1. The van der Waals surface area contributed by atoms with Crippen LogP contribution in [0.15, 0.2) is 36.4 Å². The van der Waals surface area contributed by atoms with Crippen molar-refractivity contribution in [2.75, 3.05) is 6.54 Å². The second-order valence-electron chi connectivity index (χ2n) is 6.64. The molecule has 26 heavy (non-hydrogen) atoms. The van der Waals surface area contributed by atoms with Gasteiger partial charge in [0, 0.05) is 32.5 Å². The van der Waals surface area contributed by atoms with Gasteiger partial charge in [-0.25, -0.2) is 0 Å². The molecule has 0 fully saturated rings. The van der Waals surface area contributed by atoms with E-state index < -0.39 is 0 Å². The van der Waals surface area contributed by atoms with Gasteiger partial charge < -0.3 is 16.0 Å². The summed E-state index contributed by atoms with van der Waals surface area (Å²) in [7, 11) is 0. The van der Waals surface area contributed by atoms with Gasteiger partial charge in [0.15, 0.2) is 0 Å². The van der Waals surface area contributed by atoms with Crippen LogP contribution in [0.3, 0.4) is 0 Å². The molecule has 0 saturated heterocycles. The van der Waals surface area contributed by atoms with E-state index in [9.17, 15) is 9.59 Å². The second-order valence-corrected chi connectivity index (χ2v) is 6.64. The van der Waals surface area contributed by atoms with Crippen molar-refractivity contribution in [3.63, 3.8) is 0 Å². The smallest absolute Gasteiger partial charge is 0.222 e. The van der Waals surface area contributed by atoms with Crippen LogP contribution in [0.25, 0.3) is 0 Å². The fraction of sp³-hybridized carbons (Fsp3) is 0.421. The highest BCUT2D eigenvalue weighted by molar-refractivity contribution is 5.76. The number of hydrogen-bond donors (Lipinski definition) is 2. The summed E-state index contributed by atoms with van der Waals surface area (Å²) >= 11 is 0. The summed E-state index contributed by atoms with van der Waals surface area (Å²) in [5, 5.41) is 7.43. The number of nitrogens with two attached hydrogens (primary N) is 1. The van der Waals surface area contributed by atoms with Gasteiger partial charge in [0.05, 0.1) is 24.5 Å². The van der Waals surface area contributed by atoms with Crippen LogP contribution in [0.1, 0.15) is 42.8 Å². The molecule has 0 bridgehead atoms. The third kappa shape index (κ3) is 4.49. The van der Waals surface area contributed by atoms with Gasteiger partial charge in [-0.15, -0.1) is 0 Å². The highest BCUT2D eigenvalue weighted by Gasteiger charge is 2.18. The van der Waals surface area contributed by atoms with Crippen LogP contribution in [0.2, 0.25) is 0 Å². The molecular formula is C19H25N5O2. The molecule has 3 rings (SSSR count). The summed E-state index contributed by atoms with van der Waals surface area (Å²) in [5.41, 5.74) is 8.83. The van der Waals surface area contributed by atoms with Crippen molar-refractivity contribution >= 4 is 11.8 Å². The van der Waals surface area contributed by atoms with Gasteiger partial charge in [0.2, 0.25) is 11.8 Å². The molecule has 2 amide bonds. The van der Waals surface area contributed by atoms with Crippen LogP contribution in [-0.2, 0) is 29.2 Å². The molecule has 0 unspecified atom stereocenters. The fourth-order valence-corrected chi connectivity index (χ4v) is 3.16. The third-order valence-corrected chi connectivity index (χ3v) is 4.61. The van der Waals surface area contributed by atoms with Gasteiger partial charge in [-0.3, -0.25) is 14.3 Å². The number of fused-ring (bicyclic) bond motifs is 1. The Hall–Kier alpha value is -2.67. The number of rotatable bonds is 5. The summed E-state index contributed by atoms with van der Waals surface area (Å²) in [6, 6.07) is 11.2. The van der Waals surface area contributed by atoms with Crippen LogP contribution in [0.5, 0.6) is 0 Å². The quantitative estimate of drug-likeness (QED) is 0.846. The van der Waals surface area contributed by atoms with Crippen molar-refractivity contribution in [1.82, 2.24) is 20.0 Å². The molecule has 0 saturated carbocycles. The Kier molecular flexibility index (Phi) is 5.68. The van der Waals surface area contributed by atoms with Crippen molar-refractivity contribution in [2.45, 2.75) is 45.4 Å². The number of aryl methyl sites for hydroxylation is 1. The van der Waals surface area contributed by atoms with E-state index in [2.05, 4.69) is 10.4 Å². The first-order chi connectivity index (χ1) is 12.5. The van der Waals surface area contributed by atoms with E-state index in [1.54, 1.807) is 6.92 Å². The van der Waals surface area contributed by atoms with Gasteiger partial charge in [-0.1, -0.05) is 30.3 Å². The van der Waals surface area contributed by atoms with Crippen LogP contribution < -0.4 is 11.1 Å². The van der Waals surface area contributed by atoms with E-state index >= 15 is 0 Å². The Morgan fingerprint density at radius 3 is 2.77 bits per heavy atom. The summed E-state index contributed by atoms with van der Waals surface area (Å²) in [6.45, 7) is 4.05. The third-order valence-electron chi connectivity index (χ3n) is 4.61. The number of carbonyl (C=O) groups is 2. The Morgan fingerprint density at radius 2 is 2.04 bits per heavy atom. The highest BCUT2D eigenvalue weighted by atomic mass is 16.2. The Balaban J connectivity index is 1.54. The molecule has 0 radical (unpaired) electrons. The lowest BCUT2D eigenvalue weighted by Crippen LogP contribution is -2.28. The van der Waals surface area contributed by atoms with Crippen LogP contribution >= 0.6 is 0 Å². The van der Waals surface area contributed by atoms with E-state index in [0.29, 0.717) is 13.1 Å². The molecule has 1 atom stereocenters. The van der Waals surface area contributed by atoms with E-state index in [1.807, 2.05) is 46.0 Å². The highest BCUT2D eigenvalue weighted by Crippen LogP contribution is 2.15. The molecule has 7 heteroatoms. The van der Waals surface area contributed by atoms with E-state index in [0.717, 1.165) is 36.5 Å². The fourth-order valence-electron chi connectivity index (χ4n) is 3.16. The maximum atomic E-state index is 12.2. The molecule has 0 aliphatic carbocycles. The number of carbonyl (C=O) groups excluding carboxylic acids is 2. The average molecular weight is 355 g/mol. The largest absolute Gasteiger partial charge is 0.350 e. The minimum Gasteiger partial charge on any atom is -0.350 e. The topological polar surface area (TPSA) is 93.2 Å².